The average Bonchev–Trinajstić information content (AvgIpc) is 2.83. The number of hydrogen-bond donors (Lipinski definition) is 2. The van der Waals surface area contributed by atoms with Crippen molar-refractivity contribution in [1.82, 2.24) is 9.62 Å². The van der Waals surface area contributed by atoms with Crippen LogP contribution in [0.5, 0.6) is 0 Å². The van der Waals surface area contributed by atoms with E-state index in [-0.39, 0.29) is 13.1 Å². The van der Waals surface area contributed by atoms with E-state index in [0.29, 0.717) is 6.07 Å². The van der Waals surface area contributed by atoms with Gasteiger partial charge in [-0.1, -0.05) is 0 Å². The molecule has 0 unspecified atom stereocenters. The minimum Gasteiger partial charge on any atom is -0.390 e. The summed E-state index contributed by atoms with van der Waals surface area (Å²) in [6.45, 7) is 0.533. The molecule has 0 saturated carbocycles. The summed E-state index contributed by atoms with van der Waals surface area (Å²) in [7, 11) is -2.78. The van der Waals surface area contributed by atoms with Gasteiger partial charge in [0.15, 0.2) is 0 Å². The molecule has 2 N–H and O–H groups in total. The maximum absolute atomic E-state index is 13.6. The lowest BCUT2D eigenvalue weighted by molar-refractivity contribution is -0.387. The topological polar surface area (TPSA) is 113 Å². The van der Waals surface area contributed by atoms with Crippen LogP contribution in [0.3, 0.4) is 0 Å². The molecule has 0 aromatic heterocycles. The third-order valence-corrected chi connectivity index (χ3v) is 5.29. The number of halogens is 1. The van der Waals surface area contributed by atoms with E-state index in [9.17, 15) is 28.0 Å². The standard InChI is InChI=1S/C11H14FN3O5S/c1-14(10-5-13-6-11(10)16)21(19,20)7-2-3-9(15(17)18)8(12)4-7/h2-4,10-11,13,16H,5-6H2,1H3/t10-,11-/m1/s1. The van der Waals surface area contributed by atoms with Gasteiger partial charge in [-0.15, -0.1) is 0 Å². The van der Waals surface area contributed by atoms with Crippen LogP contribution < -0.4 is 5.32 Å². The molecular weight excluding hydrogens is 305 g/mol. The summed E-state index contributed by atoms with van der Waals surface area (Å²) in [5, 5.41) is 23.1. The van der Waals surface area contributed by atoms with Crippen LogP contribution in [-0.2, 0) is 10.0 Å². The van der Waals surface area contributed by atoms with Crippen molar-refractivity contribution in [3.8, 4) is 0 Å². The van der Waals surface area contributed by atoms with Crippen molar-refractivity contribution in [3.63, 3.8) is 0 Å². The zero-order chi connectivity index (χ0) is 15.8. The minimum absolute atomic E-state index is 0.263. The lowest BCUT2D eigenvalue weighted by Gasteiger charge is -2.25. The summed E-state index contributed by atoms with van der Waals surface area (Å²) >= 11 is 0. The van der Waals surface area contributed by atoms with Gasteiger partial charge in [-0.05, 0) is 6.07 Å². The van der Waals surface area contributed by atoms with Gasteiger partial charge in [-0.2, -0.15) is 8.70 Å². The summed E-state index contributed by atoms with van der Waals surface area (Å²) in [5.41, 5.74) is -0.792. The van der Waals surface area contributed by atoms with E-state index in [1.54, 1.807) is 0 Å². The monoisotopic (exact) mass is 319 g/mol. The van der Waals surface area contributed by atoms with Gasteiger partial charge >= 0.3 is 5.69 Å². The first-order valence-corrected chi connectivity index (χ1v) is 7.50. The summed E-state index contributed by atoms with van der Waals surface area (Å²) in [5.74, 6) is -1.22. The number of nitrogens with one attached hydrogen (secondary N) is 1. The van der Waals surface area contributed by atoms with Crippen LogP contribution in [0.2, 0.25) is 0 Å². The Bertz CT molecular complexity index is 666. The molecule has 10 heteroatoms. The number of hydrogen-bond acceptors (Lipinski definition) is 6. The first kappa shape index (κ1) is 15.8. The maximum atomic E-state index is 13.6. The fourth-order valence-corrected chi connectivity index (χ4v) is 3.56. The molecule has 1 aliphatic heterocycles. The van der Waals surface area contributed by atoms with Crippen LogP contribution in [0.25, 0.3) is 0 Å². The zero-order valence-electron chi connectivity index (χ0n) is 11.1. The number of rotatable bonds is 4. The third kappa shape index (κ3) is 2.88. The predicted molar refractivity (Wildman–Crippen MR) is 70.7 cm³/mol. The molecule has 0 spiro atoms. The summed E-state index contributed by atoms with van der Waals surface area (Å²) in [4.78, 5) is 9.21. The summed E-state index contributed by atoms with van der Waals surface area (Å²) < 4.78 is 39.2. The highest BCUT2D eigenvalue weighted by Crippen LogP contribution is 2.24. The molecular formula is C11H14FN3O5S. The average molecular weight is 319 g/mol. The third-order valence-electron chi connectivity index (χ3n) is 3.41. The number of likely N-dealkylation sites (N-methyl/N-ethyl adjacent to an activating group) is 1. The van der Waals surface area contributed by atoms with Crippen molar-refractivity contribution in [1.29, 1.82) is 0 Å². The number of nitrogens with zero attached hydrogens (tertiary/aromatic N) is 2. The molecule has 0 radical (unpaired) electrons. The molecule has 21 heavy (non-hydrogen) atoms. The maximum Gasteiger partial charge on any atom is 0.304 e. The first-order valence-electron chi connectivity index (χ1n) is 6.06. The highest BCUT2D eigenvalue weighted by atomic mass is 32.2. The second-order valence-electron chi connectivity index (χ2n) is 4.68. The van der Waals surface area contributed by atoms with Crippen molar-refractivity contribution in [2.75, 3.05) is 20.1 Å². The highest BCUT2D eigenvalue weighted by molar-refractivity contribution is 7.89. The Morgan fingerprint density at radius 3 is 2.62 bits per heavy atom. The van der Waals surface area contributed by atoms with E-state index >= 15 is 0 Å². The Morgan fingerprint density at radius 2 is 2.14 bits per heavy atom. The number of benzene rings is 1. The van der Waals surface area contributed by atoms with Gasteiger partial charge in [0.2, 0.25) is 15.8 Å². The quantitative estimate of drug-likeness (QED) is 0.581. The molecule has 1 aromatic rings. The molecule has 116 valence electrons. The lowest BCUT2D eigenvalue weighted by Crippen LogP contribution is -2.44. The molecule has 1 aliphatic rings. The molecule has 0 aliphatic carbocycles. The van der Waals surface area contributed by atoms with Crippen molar-refractivity contribution >= 4 is 15.7 Å². The van der Waals surface area contributed by atoms with Gasteiger partial charge in [-0.25, -0.2) is 8.42 Å². The summed E-state index contributed by atoms with van der Waals surface area (Å²) in [6.07, 6.45) is -0.868. The highest BCUT2D eigenvalue weighted by Gasteiger charge is 2.36. The van der Waals surface area contributed by atoms with Crippen LogP contribution in [0, 0.1) is 15.9 Å². The Morgan fingerprint density at radius 1 is 1.48 bits per heavy atom. The van der Waals surface area contributed by atoms with Crippen molar-refractivity contribution in [2.45, 2.75) is 17.0 Å². The lowest BCUT2D eigenvalue weighted by atomic mass is 10.2. The number of aliphatic hydroxyl groups excluding tert-OH is 1. The number of nitro benzene ring substituents is 1. The molecule has 1 saturated heterocycles. The van der Waals surface area contributed by atoms with Crippen molar-refractivity contribution in [2.24, 2.45) is 0 Å². The van der Waals surface area contributed by atoms with E-state index in [1.165, 1.54) is 7.05 Å². The fourth-order valence-electron chi connectivity index (χ4n) is 2.16. The van der Waals surface area contributed by atoms with Crippen LogP contribution in [0.15, 0.2) is 23.1 Å². The first-order chi connectivity index (χ1) is 9.75. The molecule has 1 fully saturated rings. The smallest absolute Gasteiger partial charge is 0.304 e. The van der Waals surface area contributed by atoms with Gasteiger partial charge < -0.3 is 10.4 Å². The Labute approximate surface area is 120 Å². The van der Waals surface area contributed by atoms with Crippen LogP contribution in [0.4, 0.5) is 10.1 Å². The molecule has 1 aromatic carbocycles. The van der Waals surface area contributed by atoms with Crippen LogP contribution in [-0.4, -0.2) is 55.0 Å². The fraction of sp³-hybridized carbons (Fsp3) is 0.455. The number of nitro groups is 1. The Hall–Kier alpha value is -1.62. The van der Waals surface area contributed by atoms with Crippen molar-refractivity contribution < 1.29 is 22.8 Å². The minimum atomic E-state index is -4.05. The van der Waals surface area contributed by atoms with Gasteiger partial charge in [0.05, 0.1) is 22.0 Å². The largest absolute Gasteiger partial charge is 0.390 e. The predicted octanol–water partition coefficient (Wildman–Crippen LogP) is -0.313. The molecule has 1 heterocycles. The van der Waals surface area contributed by atoms with Gasteiger partial charge in [0, 0.05) is 32.3 Å². The van der Waals surface area contributed by atoms with E-state index < -0.39 is 43.5 Å². The number of aliphatic hydroxyl groups is 1. The molecule has 8 nitrogen and oxygen atoms in total. The second kappa shape index (κ2) is 5.64. The van der Waals surface area contributed by atoms with Crippen molar-refractivity contribution in [3.05, 3.63) is 34.1 Å². The number of sulfonamides is 1. The molecule has 0 amide bonds. The van der Waals surface area contributed by atoms with Gasteiger partial charge in [0.1, 0.15) is 0 Å². The molecule has 2 rings (SSSR count). The second-order valence-corrected chi connectivity index (χ2v) is 6.68. The van der Waals surface area contributed by atoms with E-state index in [4.69, 9.17) is 0 Å². The van der Waals surface area contributed by atoms with Crippen LogP contribution in [0.1, 0.15) is 0 Å². The summed E-state index contributed by atoms with van der Waals surface area (Å²) in [6, 6.07) is 1.72. The number of β-amino-alcohol motifs (C(OH)–C–C–N with tert-alkyl or cyclic N) is 1. The van der Waals surface area contributed by atoms with E-state index in [2.05, 4.69) is 5.32 Å². The SMILES string of the molecule is CN([C@@H]1CNC[C@H]1O)S(=O)(=O)c1ccc([N+](=O)[O-])c(F)c1. The van der Waals surface area contributed by atoms with Gasteiger partial charge in [-0.3, -0.25) is 10.1 Å². The normalized spacial score (nSPS) is 22.7. The van der Waals surface area contributed by atoms with E-state index in [1.807, 2.05) is 0 Å². The Kier molecular flexibility index (Phi) is 4.23. The Balaban J connectivity index is 2.35. The molecule has 2 atom stereocenters. The van der Waals surface area contributed by atoms with Gasteiger partial charge in [0.25, 0.3) is 0 Å². The van der Waals surface area contributed by atoms with E-state index in [0.717, 1.165) is 16.4 Å². The zero-order valence-corrected chi connectivity index (χ0v) is 11.9. The van der Waals surface area contributed by atoms with Crippen LogP contribution >= 0.6 is 0 Å². The molecule has 0 bridgehead atoms.